The Hall–Kier alpha value is -0.200. The Morgan fingerprint density at radius 1 is 0.952 bits per heavy atom. The van der Waals surface area contributed by atoms with Crippen molar-refractivity contribution in [2.24, 2.45) is 5.92 Å². The molecule has 124 valence electrons. The van der Waals surface area contributed by atoms with Crippen molar-refractivity contribution < 1.29 is 9.84 Å². The van der Waals surface area contributed by atoms with Crippen LogP contribution in [-0.2, 0) is 4.74 Å². The van der Waals surface area contributed by atoms with E-state index in [0.717, 1.165) is 64.9 Å². The summed E-state index contributed by atoms with van der Waals surface area (Å²) in [4.78, 5) is 7.46. The van der Waals surface area contributed by atoms with E-state index in [1.165, 1.54) is 25.9 Å². The molecule has 0 amide bonds. The van der Waals surface area contributed by atoms with E-state index in [-0.39, 0.29) is 6.61 Å². The van der Waals surface area contributed by atoms with Crippen molar-refractivity contribution in [2.45, 2.75) is 19.8 Å². The molecule has 0 radical (unpaired) electrons. The second kappa shape index (κ2) is 9.74. The van der Waals surface area contributed by atoms with Gasteiger partial charge in [0.15, 0.2) is 0 Å². The van der Waals surface area contributed by atoms with E-state index in [1.807, 2.05) is 0 Å². The zero-order valence-corrected chi connectivity index (χ0v) is 13.7. The summed E-state index contributed by atoms with van der Waals surface area (Å²) in [7, 11) is 0. The van der Waals surface area contributed by atoms with Gasteiger partial charge >= 0.3 is 0 Å². The van der Waals surface area contributed by atoms with Crippen molar-refractivity contribution in [3.05, 3.63) is 0 Å². The topological polar surface area (TPSA) is 39.2 Å². The van der Waals surface area contributed by atoms with Crippen molar-refractivity contribution in [1.29, 1.82) is 0 Å². The van der Waals surface area contributed by atoms with Crippen LogP contribution in [0.25, 0.3) is 0 Å². The molecule has 0 spiro atoms. The lowest BCUT2D eigenvalue weighted by atomic mass is 9.99. The van der Waals surface area contributed by atoms with Gasteiger partial charge in [-0.1, -0.05) is 6.92 Å². The molecule has 0 aromatic rings. The van der Waals surface area contributed by atoms with Gasteiger partial charge in [0.1, 0.15) is 0 Å². The van der Waals surface area contributed by atoms with E-state index in [2.05, 4.69) is 21.6 Å². The van der Waals surface area contributed by atoms with E-state index in [4.69, 9.17) is 4.74 Å². The van der Waals surface area contributed by atoms with Gasteiger partial charge in [-0.15, -0.1) is 0 Å². The highest BCUT2D eigenvalue weighted by Crippen LogP contribution is 2.15. The van der Waals surface area contributed by atoms with E-state index in [1.54, 1.807) is 0 Å². The molecule has 0 aromatic carbocycles. The molecule has 5 nitrogen and oxygen atoms in total. The van der Waals surface area contributed by atoms with Crippen molar-refractivity contribution in [2.75, 3.05) is 78.7 Å². The van der Waals surface area contributed by atoms with Crippen molar-refractivity contribution >= 4 is 0 Å². The maximum Gasteiger partial charge on any atom is 0.0594 e. The summed E-state index contributed by atoms with van der Waals surface area (Å²) in [5, 5.41) is 9.26. The lowest BCUT2D eigenvalue weighted by Crippen LogP contribution is -2.44. The van der Waals surface area contributed by atoms with Gasteiger partial charge in [-0.2, -0.15) is 0 Å². The minimum atomic E-state index is 0.264. The smallest absolute Gasteiger partial charge is 0.0594 e. The number of rotatable bonds is 8. The fraction of sp³-hybridized carbons (Fsp3) is 1.00. The fourth-order valence-electron chi connectivity index (χ4n) is 3.15. The number of hydrogen-bond acceptors (Lipinski definition) is 5. The van der Waals surface area contributed by atoms with Crippen LogP contribution >= 0.6 is 0 Å². The number of aliphatic hydroxyl groups is 1. The monoisotopic (exact) mass is 299 g/mol. The summed E-state index contributed by atoms with van der Waals surface area (Å²) >= 11 is 0. The lowest BCUT2D eigenvalue weighted by Gasteiger charge is -2.33. The van der Waals surface area contributed by atoms with Gasteiger partial charge in [0.2, 0.25) is 0 Å². The van der Waals surface area contributed by atoms with Crippen LogP contribution in [0.5, 0.6) is 0 Å². The lowest BCUT2D eigenvalue weighted by molar-refractivity contribution is 0.0317. The predicted molar refractivity (Wildman–Crippen MR) is 85.6 cm³/mol. The average Bonchev–Trinajstić information content (AvgIpc) is 2.52. The molecule has 0 aromatic heterocycles. The van der Waals surface area contributed by atoms with Crippen LogP contribution in [0.2, 0.25) is 0 Å². The third kappa shape index (κ3) is 6.61. The van der Waals surface area contributed by atoms with Gasteiger partial charge in [-0.25, -0.2) is 0 Å². The summed E-state index contributed by atoms with van der Waals surface area (Å²) in [5.41, 5.74) is 0. The number of ether oxygens (including phenoxy) is 1. The van der Waals surface area contributed by atoms with E-state index in [0.29, 0.717) is 0 Å². The Morgan fingerprint density at radius 3 is 2.10 bits per heavy atom. The van der Waals surface area contributed by atoms with Crippen molar-refractivity contribution in [1.82, 2.24) is 14.7 Å². The van der Waals surface area contributed by atoms with Gasteiger partial charge in [-0.05, 0) is 31.8 Å². The number of piperidine rings is 1. The average molecular weight is 299 g/mol. The molecular weight excluding hydrogens is 266 g/mol. The SMILES string of the molecule is CC1CCN(CCN(CCO)CCN2CCOCC2)CC1. The first-order chi connectivity index (χ1) is 10.3. The van der Waals surface area contributed by atoms with Crippen LogP contribution in [0, 0.1) is 5.92 Å². The molecule has 5 heteroatoms. The zero-order chi connectivity index (χ0) is 14.9. The Morgan fingerprint density at radius 2 is 1.52 bits per heavy atom. The highest BCUT2D eigenvalue weighted by molar-refractivity contribution is 4.72. The molecular formula is C16H33N3O2. The summed E-state index contributed by atoms with van der Waals surface area (Å²) < 4.78 is 5.39. The van der Waals surface area contributed by atoms with Crippen molar-refractivity contribution in [3.63, 3.8) is 0 Å². The minimum absolute atomic E-state index is 0.264. The zero-order valence-electron chi connectivity index (χ0n) is 13.7. The number of likely N-dealkylation sites (tertiary alicyclic amines) is 1. The van der Waals surface area contributed by atoms with E-state index < -0.39 is 0 Å². The summed E-state index contributed by atoms with van der Waals surface area (Å²) in [6, 6.07) is 0. The third-order valence-electron chi connectivity index (χ3n) is 4.86. The van der Waals surface area contributed by atoms with Gasteiger partial charge in [0, 0.05) is 45.8 Å². The Bertz CT molecular complexity index is 264. The Labute approximate surface area is 129 Å². The van der Waals surface area contributed by atoms with E-state index >= 15 is 0 Å². The number of aliphatic hydroxyl groups excluding tert-OH is 1. The van der Waals surface area contributed by atoms with Crippen LogP contribution < -0.4 is 0 Å². The quantitative estimate of drug-likeness (QED) is 0.700. The maximum atomic E-state index is 9.26. The minimum Gasteiger partial charge on any atom is -0.395 e. The summed E-state index contributed by atoms with van der Waals surface area (Å²) in [6.45, 7) is 14.1. The van der Waals surface area contributed by atoms with Gasteiger partial charge in [0.05, 0.1) is 19.8 Å². The summed E-state index contributed by atoms with van der Waals surface area (Å²) in [6.07, 6.45) is 2.68. The van der Waals surface area contributed by atoms with Crippen molar-refractivity contribution in [3.8, 4) is 0 Å². The molecule has 0 atom stereocenters. The second-order valence-corrected chi connectivity index (χ2v) is 6.54. The normalized spacial score (nSPS) is 23.0. The first-order valence-corrected chi connectivity index (χ1v) is 8.63. The number of morpholine rings is 1. The standard InChI is InChI=1S/C16H33N3O2/c1-16-2-4-17(5-3-16)6-7-18(10-13-20)8-9-19-11-14-21-15-12-19/h16,20H,2-15H2,1H3. The largest absolute Gasteiger partial charge is 0.395 e. The molecule has 0 bridgehead atoms. The highest BCUT2D eigenvalue weighted by atomic mass is 16.5. The van der Waals surface area contributed by atoms with Crippen LogP contribution in [0.1, 0.15) is 19.8 Å². The molecule has 2 rings (SSSR count). The molecule has 21 heavy (non-hydrogen) atoms. The molecule has 2 fully saturated rings. The van der Waals surface area contributed by atoms with Crippen LogP contribution in [-0.4, -0.2) is 98.5 Å². The third-order valence-corrected chi connectivity index (χ3v) is 4.86. The number of nitrogens with zero attached hydrogens (tertiary/aromatic N) is 3. The summed E-state index contributed by atoms with van der Waals surface area (Å²) in [5.74, 6) is 0.899. The molecule has 2 aliphatic heterocycles. The highest BCUT2D eigenvalue weighted by Gasteiger charge is 2.17. The van der Waals surface area contributed by atoms with Crippen LogP contribution in [0.3, 0.4) is 0 Å². The molecule has 0 unspecified atom stereocenters. The predicted octanol–water partition coefficient (Wildman–Crippen LogP) is 0.345. The Kier molecular flexibility index (Phi) is 7.96. The van der Waals surface area contributed by atoms with Crippen LogP contribution in [0.4, 0.5) is 0 Å². The maximum absolute atomic E-state index is 9.26. The molecule has 2 heterocycles. The molecule has 2 aliphatic rings. The second-order valence-electron chi connectivity index (χ2n) is 6.54. The Balaban J connectivity index is 1.63. The first kappa shape index (κ1) is 17.2. The van der Waals surface area contributed by atoms with Gasteiger partial charge in [-0.3, -0.25) is 9.80 Å². The molecule has 1 N–H and O–H groups in total. The molecule has 0 aliphatic carbocycles. The fourth-order valence-corrected chi connectivity index (χ4v) is 3.15. The first-order valence-electron chi connectivity index (χ1n) is 8.63. The van der Waals surface area contributed by atoms with E-state index in [9.17, 15) is 5.11 Å². The van der Waals surface area contributed by atoms with Crippen LogP contribution in [0.15, 0.2) is 0 Å². The molecule has 0 saturated carbocycles. The van der Waals surface area contributed by atoms with Gasteiger partial charge < -0.3 is 14.7 Å². The molecule has 2 saturated heterocycles. The number of hydrogen-bond donors (Lipinski definition) is 1. The van der Waals surface area contributed by atoms with Gasteiger partial charge in [0.25, 0.3) is 0 Å².